The summed E-state index contributed by atoms with van der Waals surface area (Å²) in [6.07, 6.45) is 8.39. The molecule has 2 N–H and O–H groups in total. The van der Waals surface area contributed by atoms with E-state index in [4.69, 9.17) is 4.74 Å². The van der Waals surface area contributed by atoms with Gasteiger partial charge in [-0.3, -0.25) is 9.59 Å². The second kappa shape index (κ2) is 10.3. The van der Waals surface area contributed by atoms with E-state index in [1.165, 1.54) is 6.08 Å². The summed E-state index contributed by atoms with van der Waals surface area (Å²) in [7, 11) is 0. The zero-order valence-electron chi connectivity index (χ0n) is 20.5. The van der Waals surface area contributed by atoms with Crippen molar-refractivity contribution in [3.05, 3.63) is 72.4 Å². The van der Waals surface area contributed by atoms with Crippen molar-refractivity contribution in [1.29, 1.82) is 0 Å². The van der Waals surface area contributed by atoms with Gasteiger partial charge >= 0.3 is 5.97 Å². The molecule has 3 aliphatic rings. The van der Waals surface area contributed by atoms with Crippen molar-refractivity contribution in [2.45, 2.75) is 63.7 Å². The molecule has 4 rings (SSSR count). The predicted molar refractivity (Wildman–Crippen MR) is 133 cm³/mol. The molecule has 1 aromatic rings. The van der Waals surface area contributed by atoms with E-state index in [9.17, 15) is 19.5 Å². The molecule has 2 heterocycles. The van der Waals surface area contributed by atoms with E-state index in [0.717, 1.165) is 30.9 Å². The first kappa shape index (κ1) is 25.1. The maximum atomic E-state index is 13.7. The van der Waals surface area contributed by atoms with Crippen LogP contribution in [-0.2, 0) is 25.5 Å². The molecular formula is C29H35NO5. The summed E-state index contributed by atoms with van der Waals surface area (Å²) >= 11 is 0. The Morgan fingerprint density at radius 3 is 2.63 bits per heavy atom. The average molecular weight is 478 g/mol. The van der Waals surface area contributed by atoms with Crippen LogP contribution in [0.4, 0.5) is 0 Å². The molecular weight excluding hydrogens is 442 g/mol. The van der Waals surface area contributed by atoms with Crippen molar-refractivity contribution in [2.75, 3.05) is 0 Å². The number of allylic oxidation sites excluding steroid dienone is 2. The number of hydrogen-bond acceptors (Lipinski definition) is 5. The van der Waals surface area contributed by atoms with E-state index >= 15 is 0 Å². The predicted octanol–water partition coefficient (Wildman–Crippen LogP) is 3.70. The van der Waals surface area contributed by atoms with Crippen LogP contribution in [0, 0.1) is 23.7 Å². The van der Waals surface area contributed by atoms with Crippen LogP contribution in [0.15, 0.2) is 66.8 Å². The average Bonchev–Trinajstić information content (AvgIpc) is 3.09. The van der Waals surface area contributed by atoms with Crippen molar-refractivity contribution >= 4 is 17.7 Å². The molecule has 2 aliphatic heterocycles. The molecule has 2 fully saturated rings. The largest absolute Gasteiger partial charge is 0.445 e. The Morgan fingerprint density at radius 1 is 1.14 bits per heavy atom. The Kier molecular flexibility index (Phi) is 7.41. The first-order chi connectivity index (χ1) is 16.7. The van der Waals surface area contributed by atoms with E-state index in [-0.39, 0.29) is 17.7 Å². The van der Waals surface area contributed by atoms with Gasteiger partial charge in [-0.15, -0.1) is 0 Å². The number of nitrogens with one attached hydrogen (secondary N) is 1. The Bertz CT molecular complexity index is 1040. The Morgan fingerprint density at radius 2 is 1.89 bits per heavy atom. The first-order valence-corrected chi connectivity index (χ1v) is 12.6. The molecule has 1 unspecified atom stereocenters. The highest BCUT2D eigenvalue weighted by molar-refractivity contribution is 5.98. The van der Waals surface area contributed by atoms with E-state index in [1.54, 1.807) is 0 Å². The summed E-state index contributed by atoms with van der Waals surface area (Å²) in [6, 6.07) is 9.53. The minimum absolute atomic E-state index is 0.143. The number of aliphatic hydroxyl groups excluding tert-OH is 1. The minimum Gasteiger partial charge on any atom is -0.445 e. The van der Waals surface area contributed by atoms with Crippen molar-refractivity contribution in [2.24, 2.45) is 23.7 Å². The van der Waals surface area contributed by atoms with Gasteiger partial charge in [0.2, 0.25) is 5.60 Å². The second-order valence-electron chi connectivity index (χ2n) is 10.3. The molecule has 7 atom stereocenters. The van der Waals surface area contributed by atoms with Gasteiger partial charge in [-0.05, 0) is 54.7 Å². The highest BCUT2D eigenvalue weighted by Crippen LogP contribution is 2.52. The fraction of sp³-hybridized carbons (Fsp3) is 0.483. The van der Waals surface area contributed by atoms with E-state index < -0.39 is 35.4 Å². The van der Waals surface area contributed by atoms with Crippen LogP contribution in [0.3, 0.4) is 0 Å². The van der Waals surface area contributed by atoms with Gasteiger partial charge in [-0.1, -0.05) is 62.9 Å². The number of carbonyl (C=O) groups is 3. The van der Waals surface area contributed by atoms with Gasteiger partial charge in [0.25, 0.3) is 5.91 Å². The lowest BCUT2D eigenvalue weighted by atomic mass is 9.59. The van der Waals surface area contributed by atoms with Gasteiger partial charge in [-0.2, -0.15) is 0 Å². The van der Waals surface area contributed by atoms with Crippen LogP contribution in [-0.4, -0.2) is 40.5 Å². The lowest BCUT2D eigenvalue weighted by Crippen LogP contribution is -2.61. The molecule has 1 saturated carbocycles. The summed E-state index contributed by atoms with van der Waals surface area (Å²) in [5.41, 5.74) is 0.0801. The number of ether oxygens (including phenoxy) is 1. The van der Waals surface area contributed by atoms with Crippen molar-refractivity contribution in [3.63, 3.8) is 0 Å². The molecule has 0 bridgehead atoms. The Balaban J connectivity index is 1.79. The lowest BCUT2D eigenvalue weighted by Gasteiger charge is -2.49. The normalized spacial score (nSPS) is 37.9. The van der Waals surface area contributed by atoms with Crippen molar-refractivity contribution in [1.82, 2.24) is 5.32 Å². The summed E-state index contributed by atoms with van der Waals surface area (Å²) in [5.74, 6) is -2.46. The molecule has 0 radical (unpaired) electrons. The molecule has 1 saturated heterocycles. The maximum absolute atomic E-state index is 13.7. The van der Waals surface area contributed by atoms with E-state index in [2.05, 4.69) is 18.8 Å². The quantitative estimate of drug-likeness (QED) is 0.501. The van der Waals surface area contributed by atoms with Gasteiger partial charge in [0.15, 0.2) is 5.78 Å². The number of aliphatic hydroxyl groups is 1. The molecule has 1 aromatic carbocycles. The Labute approximate surface area is 207 Å². The zero-order valence-corrected chi connectivity index (χ0v) is 20.5. The third kappa shape index (κ3) is 4.90. The monoisotopic (exact) mass is 477 g/mol. The van der Waals surface area contributed by atoms with Gasteiger partial charge in [-0.25, -0.2) is 4.79 Å². The zero-order chi connectivity index (χ0) is 25.2. The standard InChI is InChI=1S/C29H35NO5/c1-18-9-7-13-22(31)15-16-25(32)35-29-23(14-8-10-18)27(33)20(3)19(2)26(29)24(30-28(29)34)17-21-11-5-4-6-12-21/h4-6,8,11-12,14-16,18-19,23-24,26-27,33H,3,7,9-10,13,17H2,1-2H3,(H,30,34)/b14-8+,16-15+/t18-,19-,23?,24+,26+,27-,29-/m1/s1. The molecule has 0 aromatic heterocycles. The molecule has 1 amide bonds. The summed E-state index contributed by atoms with van der Waals surface area (Å²) in [5, 5.41) is 14.4. The fourth-order valence-corrected chi connectivity index (χ4v) is 6.00. The molecule has 1 aliphatic carbocycles. The Hall–Kier alpha value is -2.99. The van der Waals surface area contributed by atoms with Gasteiger partial charge < -0.3 is 15.2 Å². The number of esters is 1. The van der Waals surface area contributed by atoms with Gasteiger partial charge in [0, 0.05) is 24.5 Å². The molecule has 6 nitrogen and oxygen atoms in total. The highest BCUT2D eigenvalue weighted by Gasteiger charge is 2.67. The number of amides is 1. The van der Waals surface area contributed by atoms with E-state index in [1.807, 2.05) is 49.4 Å². The SMILES string of the molecule is C=C1[C@@H](O)C2/C=C/C[C@H](C)CCCC(=O)/C=C/C(=O)O[C@]23C(=O)N[C@@H](Cc2ccccc2)[C@@H]3[C@@H]1C. The second-order valence-corrected chi connectivity index (χ2v) is 10.3. The van der Waals surface area contributed by atoms with Gasteiger partial charge in [0.05, 0.1) is 12.0 Å². The number of benzene rings is 1. The fourth-order valence-electron chi connectivity index (χ4n) is 6.00. The molecule has 1 spiro atoms. The maximum Gasteiger partial charge on any atom is 0.331 e. The number of rotatable bonds is 2. The molecule has 35 heavy (non-hydrogen) atoms. The smallest absolute Gasteiger partial charge is 0.331 e. The summed E-state index contributed by atoms with van der Waals surface area (Å²) in [4.78, 5) is 38.9. The lowest BCUT2D eigenvalue weighted by molar-refractivity contribution is -0.182. The number of hydrogen-bond donors (Lipinski definition) is 2. The van der Waals surface area contributed by atoms with Crippen LogP contribution in [0.1, 0.15) is 45.1 Å². The third-order valence-electron chi connectivity index (χ3n) is 7.91. The topological polar surface area (TPSA) is 92.7 Å². The van der Waals surface area contributed by atoms with Crippen molar-refractivity contribution in [3.8, 4) is 0 Å². The van der Waals surface area contributed by atoms with Crippen LogP contribution < -0.4 is 5.32 Å². The van der Waals surface area contributed by atoms with Crippen molar-refractivity contribution < 1.29 is 24.2 Å². The van der Waals surface area contributed by atoms with Crippen LogP contribution in [0.2, 0.25) is 0 Å². The number of carbonyl (C=O) groups excluding carboxylic acids is 3. The number of ketones is 1. The first-order valence-electron chi connectivity index (χ1n) is 12.6. The third-order valence-corrected chi connectivity index (χ3v) is 7.91. The van der Waals surface area contributed by atoms with Gasteiger partial charge in [0.1, 0.15) is 0 Å². The van der Waals surface area contributed by atoms with Crippen LogP contribution in [0.5, 0.6) is 0 Å². The van der Waals surface area contributed by atoms with Crippen LogP contribution in [0.25, 0.3) is 0 Å². The molecule has 6 heteroatoms. The molecule has 186 valence electrons. The highest BCUT2D eigenvalue weighted by atomic mass is 16.6. The van der Waals surface area contributed by atoms with Crippen LogP contribution >= 0.6 is 0 Å². The van der Waals surface area contributed by atoms with E-state index in [0.29, 0.717) is 24.3 Å². The summed E-state index contributed by atoms with van der Waals surface area (Å²) in [6.45, 7) is 8.21. The minimum atomic E-state index is -1.60. The summed E-state index contributed by atoms with van der Waals surface area (Å²) < 4.78 is 6.01.